The zero-order valence-corrected chi connectivity index (χ0v) is 9.35. The summed E-state index contributed by atoms with van der Waals surface area (Å²) in [4.78, 5) is 11.5. The molecule has 1 saturated heterocycles. The molecule has 3 N–H and O–H groups in total. The number of rotatable bonds is 3. The van der Waals surface area contributed by atoms with E-state index in [0.29, 0.717) is 25.7 Å². The molecule has 15 heavy (non-hydrogen) atoms. The van der Waals surface area contributed by atoms with Crippen molar-refractivity contribution in [1.29, 1.82) is 0 Å². The van der Waals surface area contributed by atoms with Crippen LogP contribution in [0.4, 0.5) is 0 Å². The Labute approximate surface area is 89.3 Å². The van der Waals surface area contributed by atoms with Crippen LogP contribution in [-0.2, 0) is 14.6 Å². The highest BCUT2D eigenvalue weighted by Crippen LogP contribution is 2.32. The maximum atomic E-state index is 11.5. The Kier molecular flexibility index (Phi) is 2.50. The summed E-state index contributed by atoms with van der Waals surface area (Å²) in [5.74, 6) is 0.0472. The van der Waals surface area contributed by atoms with E-state index < -0.39 is 20.6 Å². The van der Waals surface area contributed by atoms with Crippen LogP contribution in [0.25, 0.3) is 0 Å². The van der Waals surface area contributed by atoms with Crippen molar-refractivity contribution in [2.45, 2.75) is 36.5 Å². The molecule has 1 aliphatic carbocycles. The van der Waals surface area contributed by atoms with Gasteiger partial charge in [0.1, 0.15) is 0 Å². The summed E-state index contributed by atoms with van der Waals surface area (Å²) in [5.41, 5.74) is 4.97. The highest BCUT2D eigenvalue weighted by atomic mass is 32.2. The maximum Gasteiger partial charge on any atom is 0.240 e. The average Bonchev–Trinajstić information content (AvgIpc) is 2.81. The molecule has 1 atom stereocenters. The number of hydrogen-bond donors (Lipinski definition) is 2. The number of carbonyl (C=O) groups excluding carboxylic acids is 1. The Morgan fingerprint density at radius 2 is 2.13 bits per heavy atom. The highest BCUT2D eigenvalue weighted by Gasteiger charge is 2.46. The third-order valence-electron chi connectivity index (χ3n) is 3.19. The van der Waals surface area contributed by atoms with Gasteiger partial charge in [0.15, 0.2) is 9.84 Å². The van der Waals surface area contributed by atoms with Gasteiger partial charge in [-0.15, -0.1) is 0 Å². The predicted octanol–water partition coefficient (Wildman–Crippen LogP) is -0.829. The van der Waals surface area contributed by atoms with E-state index in [9.17, 15) is 13.2 Å². The molecule has 86 valence electrons. The van der Waals surface area contributed by atoms with Crippen LogP contribution in [0.1, 0.15) is 25.7 Å². The molecule has 1 saturated carbocycles. The van der Waals surface area contributed by atoms with E-state index in [4.69, 9.17) is 5.73 Å². The second kappa shape index (κ2) is 3.45. The first kappa shape index (κ1) is 10.9. The zero-order valence-electron chi connectivity index (χ0n) is 8.53. The normalized spacial score (nSPS) is 31.1. The van der Waals surface area contributed by atoms with Crippen LogP contribution >= 0.6 is 0 Å². The number of hydrogen-bond acceptors (Lipinski definition) is 4. The van der Waals surface area contributed by atoms with Crippen LogP contribution in [0.5, 0.6) is 0 Å². The van der Waals surface area contributed by atoms with Crippen LogP contribution < -0.4 is 11.1 Å². The maximum absolute atomic E-state index is 11.5. The number of nitrogens with two attached hydrogens (primary N) is 1. The van der Waals surface area contributed by atoms with Crippen LogP contribution in [0.3, 0.4) is 0 Å². The first-order valence-electron chi connectivity index (χ1n) is 5.23. The summed E-state index contributed by atoms with van der Waals surface area (Å²) in [6.07, 6.45) is 2.77. The lowest BCUT2D eigenvalue weighted by atomic mass is 10.2. The Balaban J connectivity index is 1.86. The van der Waals surface area contributed by atoms with Crippen molar-refractivity contribution in [2.75, 3.05) is 12.3 Å². The molecule has 6 heteroatoms. The molecule has 2 fully saturated rings. The smallest absolute Gasteiger partial charge is 0.240 e. The second-order valence-corrected chi connectivity index (χ2v) is 6.90. The quantitative estimate of drug-likeness (QED) is 0.664. The fourth-order valence-electron chi connectivity index (χ4n) is 1.83. The standard InChI is InChI=1S/C9H16N2O3S/c10-9(3-4-9)8(12)11-6-7-2-1-5-15(7,13)14/h7H,1-6,10H2,(H,11,12). The van der Waals surface area contributed by atoms with Crippen LogP contribution in [0.2, 0.25) is 0 Å². The first-order chi connectivity index (χ1) is 6.94. The van der Waals surface area contributed by atoms with Crippen LogP contribution in [0.15, 0.2) is 0 Å². The minimum Gasteiger partial charge on any atom is -0.353 e. The molecule has 0 aromatic heterocycles. The predicted molar refractivity (Wildman–Crippen MR) is 56.0 cm³/mol. The van der Waals surface area contributed by atoms with Crippen molar-refractivity contribution < 1.29 is 13.2 Å². The van der Waals surface area contributed by atoms with E-state index in [1.807, 2.05) is 0 Å². The Hall–Kier alpha value is -0.620. The van der Waals surface area contributed by atoms with Crippen LogP contribution in [-0.4, -0.2) is 37.4 Å². The van der Waals surface area contributed by atoms with Gasteiger partial charge in [-0.2, -0.15) is 0 Å². The molecule has 2 aliphatic rings. The van der Waals surface area contributed by atoms with Crippen molar-refractivity contribution >= 4 is 15.7 Å². The van der Waals surface area contributed by atoms with E-state index in [0.717, 1.165) is 0 Å². The lowest BCUT2D eigenvalue weighted by Crippen LogP contribution is -2.45. The third kappa shape index (κ3) is 2.15. The highest BCUT2D eigenvalue weighted by molar-refractivity contribution is 7.92. The summed E-state index contributed by atoms with van der Waals surface area (Å²) < 4.78 is 22.9. The van der Waals surface area contributed by atoms with E-state index in [2.05, 4.69) is 5.32 Å². The van der Waals surface area contributed by atoms with E-state index in [1.165, 1.54) is 0 Å². The average molecular weight is 232 g/mol. The Morgan fingerprint density at radius 3 is 2.60 bits per heavy atom. The molecule has 1 unspecified atom stereocenters. The van der Waals surface area contributed by atoms with Gasteiger partial charge < -0.3 is 11.1 Å². The van der Waals surface area contributed by atoms with E-state index in [1.54, 1.807) is 0 Å². The summed E-state index contributed by atoms with van der Waals surface area (Å²) in [7, 11) is -2.96. The Morgan fingerprint density at radius 1 is 1.47 bits per heavy atom. The molecule has 0 aromatic rings. The molecular weight excluding hydrogens is 216 g/mol. The first-order valence-corrected chi connectivity index (χ1v) is 6.94. The summed E-state index contributed by atoms with van der Waals surface area (Å²) in [6.45, 7) is 0.222. The van der Waals surface area contributed by atoms with E-state index >= 15 is 0 Å². The molecule has 1 heterocycles. The van der Waals surface area contributed by atoms with Gasteiger partial charge in [0, 0.05) is 6.54 Å². The van der Waals surface area contributed by atoms with Gasteiger partial charge in [-0.05, 0) is 25.7 Å². The number of sulfone groups is 1. The largest absolute Gasteiger partial charge is 0.353 e. The lowest BCUT2D eigenvalue weighted by molar-refractivity contribution is -0.123. The molecule has 1 amide bonds. The molecule has 2 rings (SSSR count). The van der Waals surface area contributed by atoms with Gasteiger partial charge >= 0.3 is 0 Å². The van der Waals surface area contributed by atoms with Gasteiger partial charge in [0.05, 0.1) is 16.5 Å². The SMILES string of the molecule is NC1(C(=O)NCC2CCCS2(=O)=O)CC1. The van der Waals surface area contributed by atoms with Gasteiger partial charge in [0.25, 0.3) is 0 Å². The molecular formula is C9H16N2O3S. The molecule has 5 nitrogen and oxygen atoms in total. The number of amides is 1. The number of carbonyl (C=O) groups is 1. The topological polar surface area (TPSA) is 89.3 Å². The molecule has 1 aliphatic heterocycles. The molecule has 0 bridgehead atoms. The third-order valence-corrected chi connectivity index (χ3v) is 5.47. The fourth-order valence-corrected chi connectivity index (χ4v) is 3.60. The van der Waals surface area contributed by atoms with Crippen molar-refractivity contribution in [3.63, 3.8) is 0 Å². The van der Waals surface area contributed by atoms with Crippen molar-refractivity contribution in [3.05, 3.63) is 0 Å². The van der Waals surface area contributed by atoms with Gasteiger partial charge in [-0.25, -0.2) is 8.42 Å². The molecule has 0 spiro atoms. The fraction of sp³-hybridized carbons (Fsp3) is 0.889. The second-order valence-electron chi connectivity index (χ2n) is 4.50. The molecule has 0 aromatic carbocycles. The lowest BCUT2D eigenvalue weighted by Gasteiger charge is -2.13. The number of nitrogens with one attached hydrogen (secondary N) is 1. The summed E-state index contributed by atoms with van der Waals surface area (Å²) >= 11 is 0. The van der Waals surface area contributed by atoms with Crippen molar-refractivity contribution in [1.82, 2.24) is 5.32 Å². The van der Waals surface area contributed by atoms with Gasteiger partial charge in [-0.1, -0.05) is 0 Å². The summed E-state index contributed by atoms with van der Waals surface area (Å²) in [6, 6.07) is 0. The summed E-state index contributed by atoms with van der Waals surface area (Å²) in [5, 5.41) is 2.24. The zero-order chi connectivity index (χ0) is 11.1. The van der Waals surface area contributed by atoms with Gasteiger partial charge in [0.2, 0.25) is 5.91 Å². The minimum atomic E-state index is -2.96. The van der Waals surface area contributed by atoms with Crippen molar-refractivity contribution in [2.24, 2.45) is 5.73 Å². The van der Waals surface area contributed by atoms with Crippen LogP contribution in [0, 0.1) is 0 Å². The minimum absolute atomic E-state index is 0.204. The molecule has 0 radical (unpaired) electrons. The van der Waals surface area contributed by atoms with Crippen molar-refractivity contribution in [3.8, 4) is 0 Å². The van der Waals surface area contributed by atoms with E-state index in [-0.39, 0.29) is 18.2 Å². The Bertz CT molecular complexity index is 373. The monoisotopic (exact) mass is 232 g/mol. The van der Waals surface area contributed by atoms with Gasteiger partial charge in [-0.3, -0.25) is 4.79 Å².